The molecule has 0 aromatic heterocycles. The second-order valence-corrected chi connectivity index (χ2v) is 6.59. The van der Waals surface area contributed by atoms with Gasteiger partial charge in [0, 0.05) is 4.47 Å². The first kappa shape index (κ1) is 15.1. The van der Waals surface area contributed by atoms with Gasteiger partial charge in [0.15, 0.2) is 0 Å². The van der Waals surface area contributed by atoms with Crippen LogP contribution in [-0.2, 0) is 6.42 Å². The third-order valence-corrected chi connectivity index (χ3v) is 3.78. The summed E-state index contributed by atoms with van der Waals surface area (Å²) in [5, 5.41) is 0. The molecule has 1 heteroatoms. The fourth-order valence-corrected chi connectivity index (χ4v) is 2.72. The SMILES string of the molecule is CC(=Cc1cccc(Br)c1)c1ccc(CC(C)C)cc1. The van der Waals surface area contributed by atoms with E-state index in [4.69, 9.17) is 0 Å². The van der Waals surface area contributed by atoms with Crippen molar-refractivity contribution in [2.24, 2.45) is 5.92 Å². The molecule has 0 atom stereocenters. The Morgan fingerprint density at radius 2 is 1.80 bits per heavy atom. The minimum atomic E-state index is 0.708. The molecule has 0 N–H and O–H groups in total. The summed E-state index contributed by atoms with van der Waals surface area (Å²) in [4.78, 5) is 0. The highest BCUT2D eigenvalue weighted by Gasteiger charge is 2.00. The standard InChI is InChI=1S/C19H21Br/c1-14(2)11-16-7-9-18(10-8-16)15(3)12-17-5-4-6-19(20)13-17/h4-10,12-14H,11H2,1-3H3. The van der Waals surface area contributed by atoms with Crippen LogP contribution in [0.3, 0.4) is 0 Å². The summed E-state index contributed by atoms with van der Waals surface area (Å²) < 4.78 is 1.12. The summed E-state index contributed by atoms with van der Waals surface area (Å²) >= 11 is 3.51. The van der Waals surface area contributed by atoms with E-state index in [1.54, 1.807) is 0 Å². The van der Waals surface area contributed by atoms with Crippen molar-refractivity contribution >= 4 is 27.6 Å². The lowest BCUT2D eigenvalue weighted by molar-refractivity contribution is 0.647. The third-order valence-electron chi connectivity index (χ3n) is 3.29. The van der Waals surface area contributed by atoms with Gasteiger partial charge in [-0.3, -0.25) is 0 Å². The molecule has 0 aliphatic carbocycles. The van der Waals surface area contributed by atoms with E-state index in [0.717, 1.165) is 10.9 Å². The first-order chi connectivity index (χ1) is 9.54. The fraction of sp³-hybridized carbons (Fsp3) is 0.263. The molecule has 0 spiro atoms. The normalized spacial score (nSPS) is 11.9. The molecule has 2 rings (SSSR count). The van der Waals surface area contributed by atoms with Gasteiger partial charge in [0.2, 0.25) is 0 Å². The molecule has 2 aromatic carbocycles. The van der Waals surface area contributed by atoms with Crippen molar-refractivity contribution in [3.63, 3.8) is 0 Å². The molecule has 0 fully saturated rings. The van der Waals surface area contributed by atoms with Crippen molar-refractivity contribution < 1.29 is 0 Å². The average molecular weight is 329 g/mol. The number of hydrogen-bond donors (Lipinski definition) is 0. The second kappa shape index (κ2) is 6.90. The lowest BCUT2D eigenvalue weighted by atomic mass is 9.99. The molecule has 20 heavy (non-hydrogen) atoms. The smallest absolute Gasteiger partial charge is 0.0181 e. The van der Waals surface area contributed by atoms with Crippen LogP contribution in [-0.4, -0.2) is 0 Å². The van der Waals surface area contributed by atoms with Crippen LogP contribution in [0.25, 0.3) is 11.6 Å². The topological polar surface area (TPSA) is 0 Å². The van der Waals surface area contributed by atoms with Gasteiger partial charge in [-0.25, -0.2) is 0 Å². The summed E-state index contributed by atoms with van der Waals surface area (Å²) in [5.41, 5.74) is 5.22. The van der Waals surface area contributed by atoms with Crippen LogP contribution in [0.15, 0.2) is 53.0 Å². The van der Waals surface area contributed by atoms with Crippen molar-refractivity contribution in [1.29, 1.82) is 0 Å². The summed E-state index contributed by atoms with van der Waals surface area (Å²) in [6, 6.07) is 17.3. The Labute approximate surface area is 130 Å². The number of hydrogen-bond acceptors (Lipinski definition) is 0. The van der Waals surface area contributed by atoms with Gasteiger partial charge in [-0.2, -0.15) is 0 Å². The molecule has 2 aromatic rings. The van der Waals surface area contributed by atoms with Crippen LogP contribution in [0, 0.1) is 5.92 Å². The van der Waals surface area contributed by atoms with Gasteiger partial charge in [-0.15, -0.1) is 0 Å². The Morgan fingerprint density at radius 3 is 2.40 bits per heavy atom. The molecule has 0 unspecified atom stereocenters. The van der Waals surface area contributed by atoms with Gasteiger partial charge in [0.05, 0.1) is 0 Å². The maximum absolute atomic E-state index is 3.51. The Balaban J connectivity index is 2.18. The molecule has 0 radical (unpaired) electrons. The monoisotopic (exact) mass is 328 g/mol. The quantitative estimate of drug-likeness (QED) is 0.585. The molecule has 0 aliphatic heterocycles. The highest BCUT2D eigenvalue weighted by molar-refractivity contribution is 9.10. The van der Waals surface area contributed by atoms with E-state index in [1.165, 1.54) is 22.3 Å². The maximum atomic E-state index is 3.51. The van der Waals surface area contributed by atoms with E-state index in [2.05, 4.69) is 85.2 Å². The Morgan fingerprint density at radius 1 is 1.10 bits per heavy atom. The fourth-order valence-electron chi connectivity index (χ4n) is 2.30. The van der Waals surface area contributed by atoms with Gasteiger partial charge in [-0.05, 0) is 53.7 Å². The van der Waals surface area contributed by atoms with Crippen LogP contribution >= 0.6 is 15.9 Å². The van der Waals surface area contributed by atoms with E-state index in [1.807, 2.05) is 6.07 Å². The zero-order chi connectivity index (χ0) is 14.5. The lowest BCUT2D eigenvalue weighted by Gasteiger charge is -2.07. The van der Waals surface area contributed by atoms with Crippen molar-refractivity contribution in [2.45, 2.75) is 27.2 Å². The predicted octanol–water partition coefficient (Wildman–Crippen LogP) is 6.21. The molecular formula is C19H21Br. The summed E-state index contributed by atoms with van der Waals surface area (Å²) in [6.45, 7) is 6.68. The van der Waals surface area contributed by atoms with Gasteiger partial charge >= 0.3 is 0 Å². The summed E-state index contributed by atoms with van der Waals surface area (Å²) in [7, 11) is 0. The van der Waals surface area contributed by atoms with Gasteiger partial charge in [-0.1, -0.05) is 72.3 Å². The van der Waals surface area contributed by atoms with Crippen LogP contribution in [0.2, 0.25) is 0 Å². The Bertz CT molecular complexity index is 591. The molecular weight excluding hydrogens is 308 g/mol. The average Bonchev–Trinajstić information content (AvgIpc) is 2.38. The number of benzene rings is 2. The van der Waals surface area contributed by atoms with Crippen molar-refractivity contribution in [1.82, 2.24) is 0 Å². The minimum Gasteiger partial charge on any atom is -0.0625 e. The zero-order valence-electron chi connectivity index (χ0n) is 12.4. The van der Waals surface area contributed by atoms with Crippen molar-refractivity contribution in [3.8, 4) is 0 Å². The van der Waals surface area contributed by atoms with E-state index in [-0.39, 0.29) is 0 Å². The summed E-state index contributed by atoms with van der Waals surface area (Å²) in [5.74, 6) is 0.708. The van der Waals surface area contributed by atoms with Crippen LogP contribution in [0.4, 0.5) is 0 Å². The maximum Gasteiger partial charge on any atom is 0.0181 e. The number of allylic oxidation sites excluding steroid dienone is 1. The third kappa shape index (κ3) is 4.35. The summed E-state index contributed by atoms with van der Waals surface area (Å²) in [6.07, 6.45) is 3.37. The molecule has 0 heterocycles. The lowest BCUT2D eigenvalue weighted by Crippen LogP contribution is -1.93. The van der Waals surface area contributed by atoms with Crippen molar-refractivity contribution in [2.75, 3.05) is 0 Å². The van der Waals surface area contributed by atoms with Gasteiger partial charge in [0.1, 0.15) is 0 Å². The first-order valence-corrected chi connectivity index (χ1v) is 7.87. The Kier molecular flexibility index (Phi) is 5.19. The largest absolute Gasteiger partial charge is 0.0625 e. The highest BCUT2D eigenvalue weighted by atomic mass is 79.9. The number of rotatable bonds is 4. The van der Waals surface area contributed by atoms with E-state index in [9.17, 15) is 0 Å². The molecule has 0 saturated carbocycles. The van der Waals surface area contributed by atoms with E-state index < -0.39 is 0 Å². The van der Waals surface area contributed by atoms with Crippen LogP contribution < -0.4 is 0 Å². The second-order valence-electron chi connectivity index (χ2n) is 5.68. The predicted molar refractivity (Wildman–Crippen MR) is 92.7 cm³/mol. The van der Waals surface area contributed by atoms with Crippen molar-refractivity contribution in [3.05, 3.63) is 69.7 Å². The van der Waals surface area contributed by atoms with Gasteiger partial charge in [0.25, 0.3) is 0 Å². The van der Waals surface area contributed by atoms with Gasteiger partial charge < -0.3 is 0 Å². The van der Waals surface area contributed by atoms with E-state index in [0.29, 0.717) is 5.92 Å². The van der Waals surface area contributed by atoms with Crippen LogP contribution in [0.1, 0.15) is 37.5 Å². The van der Waals surface area contributed by atoms with Crippen LogP contribution in [0.5, 0.6) is 0 Å². The molecule has 104 valence electrons. The first-order valence-electron chi connectivity index (χ1n) is 7.08. The zero-order valence-corrected chi connectivity index (χ0v) is 13.9. The molecule has 0 amide bonds. The molecule has 0 saturated heterocycles. The Hall–Kier alpha value is -1.34. The molecule has 0 bridgehead atoms. The van der Waals surface area contributed by atoms with E-state index >= 15 is 0 Å². The number of halogens is 1. The molecule has 0 aliphatic rings. The molecule has 0 nitrogen and oxygen atoms in total. The highest BCUT2D eigenvalue weighted by Crippen LogP contribution is 2.21. The minimum absolute atomic E-state index is 0.708.